The maximum absolute atomic E-state index is 13.7. The molecule has 0 aliphatic rings. The Hall–Kier alpha value is -3.10. The summed E-state index contributed by atoms with van der Waals surface area (Å²) in [7, 11) is 1.38. The molecular formula is C20H14FNO2S. The fourth-order valence-electron chi connectivity index (χ4n) is 2.17. The van der Waals surface area contributed by atoms with Crippen LogP contribution in [0.15, 0.2) is 60.0 Å². The number of nitrogens with one attached hydrogen (secondary N) is 1. The lowest BCUT2D eigenvalue weighted by molar-refractivity contribution is 0.102. The van der Waals surface area contributed by atoms with Crippen molar-refractivity contribution in [3.05, 3.63) is 81.8 Å². The standard InChI is InChI=1S/C20H14FNO2S/c1-24-19-10-8-15(13-18(19)21)20(23)22-16-5-2-4-14(12-16)7-9-17-6-3-11-25-17/h2-6,8,10-13H,1H3,(H,22,23). The zero-order valence-electron chi connectivity index (χ0n) is 13.4. The van der Waals surface area contributed by atoms with Gasteiger partial charge in [0.05, 0.1) is 12.0 Å². The number of hydrogen-bond acceptors (Lipinski definition) is 3. The van der Waals surface area contributed by atoms with Gasteiger partial charge in [-0.25, -0.2) is 4.39 Å². The second kappa shape index (κ2) is 7.65. The van der Waals surface area contributed by atoms with Crippen molar-refractivity contribution >= 4 is 22.9 Å². The average molecular weight is 351 g/mol. The maximum atomic E-state index is 13.7. The molecule has 1 N–H and O–H groups in total. The summed E-state index contributed by atoms with van der Waals surface area (Å²) in [4.78, 5) is 13.2. The molecule has 0 aliphatic heterocycles. The number of thiophene rings is 1. The fraction of sp³-hybridized carbons (Fsp3) is 0.0500. The molecule has 0 atom stereocenters. The van der Waals surface area contributed by atoms with Gasteiger partial charge in [-0.15, -0.1) is 11.3 Å². The first-order chi connectivity index (χ1) is 12.2. The number of halogens is 1. The summed E-state index contributed by atoms with van der Waals surface area (Å²) >= 11 is 1.57. The Bertz CT molecular complexity index is 955. The zero-order valence-corrected chi connectivity index (χ0v) is 14.2. The predicted octanol–water partition coefficient (Wildman–Crippen LogP) is 4.55. The highest BCUT2D eigenvalue weighted by Crippen LogP contribution is 2.19. The van der Waals surface area contributed by atoms with Gasteiger partial charge in [-0.1, -0.05) is 24.0 Å². The molecule has 0 unspecified atom stereocenters. The summed E-state index contributed by atoms with van der Waals surface area (Å²) in [5.41, 5.74) is 1.60. The minimum Gasteiger partial charge on any atom is -0.494 e. The van der Waals surface area contributed by atoms with E-state index in [0.717, 1.165) is 16.5 Å². The van der Waals surface area contributed by atoms with Crippen molar-refractivity contribution in [1.82, 2.24) is 0 Å². The highest BCUT2D eigenvalue weighted by molar-refractivity contribution is 7.10. The third-order valence-corrected chi connectivity index (χ3v) is 4.17. The number of carbonyl (C=O) groups excluding carboxylic acids is 1. The Morgan fingerprint density at radius 2 is 2.00 bits per heavy atom. The van der Waals surface area contributed by atoms with Crippen LogP contribution in [-0.2, 0) is 0 Å². The third-order valence-electron chi connectivity index (χ3n) is 3.39. The zero-order chi connectivity index (χ0) is 17.6. The van der Waals surface area contributed by atoms with E-state index in [4.69, 9.17) is 4.74 Å². The van der Waals surface area contributed by atoms with Crippen LogP contribution in [0.5, 0.6) is 5.75 Å². The maximum Gasteiger partial charge on any atom is 0.255 e. The Morgan fingerprint density at radius 3 is 2.72 bits per heavy atom. The quantitative estimate of drug-likeness (QED) is 0.703. The van der Waals surface area contributed by atoms with E-state index >= 15 is 0 Å². The van der Waals surface area contributed by atoms with E-state index in [0.29, 0.717) is 5.69 Å². The van der Waals surface area contributed by atoms with Crippen molar-refractivity contribution < 1.29 is 13.9 Å². The smallest absolute Gasteiger partial charge is 0.255 e. The summed E-state index contributed by atoms with van der Waals surface area (Å²) in [6.07, 6.45) is 0. The van der Waals surface area contributed by atoms with E-state index in [-0.39, 0.29) is 11.3 Å². The summed E-state index contributed by atoms with van der Waals surface area (Å²) in [5.74, 6) is 5.25. The summed E-state index contributed by atoms with van der Waals surface area (Å²) in [6, 6.07) is 15.2. The lowest BCUT2D eigenvalue weighted by Crippen LogP contribution is -2.12. The molecule has 0 radical (unpaired) electrons. The molecule has 0 saturated heterocycles. The Morgan fingerprint density at radius 1 is 1.12 bits per heavy atom. The molecular weight excluding hydrogens is 337 g/mol. The molecule has 0 aliphatic carbocycles. The molecule has 3 rings (SSSR count). The van der Waals surface area contributed by atoms with Crippen molar-refractivity contribution in [1.29, 1.82) is 0 Å². The molecule has 1 heterocycles. The van der Waals surface area contributed by atoms with E-state index < -0.39 is 11.7 Å². The molecule has 25 heavy (non-hydrogen) atoms. The first-order valence-electron chi connectivity index (χ1n) is 7.46. The van der Waals surface area contributed by atoms with Crippen LogP contribution in [0.3, 0.4) is 0 Å². The Balaban J connectivity index is 1.75. The number of methoxy groups -OCH3 is 1. The molecule has 0 saturated carbocycles. The van der Waals surface area contributed by atoms with Gasteiger partial charge in [0.25, 0.3) is 5.91 Å². The summed E-state index contributed by atoms with van der Waals surface area (Å²) < 4.78 is 18.6. The lowest BCUT2D eigenvalue weighted by Gasteiger charge is -2.07. The minimum atomic E-state index is -0.578. The molecule has 3 nitrogen and oxygen atoms in total. The van der Waals surface area contributed by atoms with E-state index in [2.05, 4.69) is 17.2 Å². The third kappa shape index (κ3) is 4.25. The van der Waals surface area contributed by atoms with Gasteiger partial charge in [0.2, 0.25) is 0 Å². The van der Waals surface area contributed by atoms with Gasteiger partial charge >= 0.3 is 0 Å². The van der Waals surface area contributed by atoms with E-state index in [1.54, 1.807) is 23.5 Å². The molecule has 1 amide bonds. The first kappa shape index (κ1) is 16.7. The number of ether oxygens (including phenoxy) is 1. The SMILES string of the molecule is COc1ccc(C(=O)Nc2cccc(C#Cc3cccs3)c2)cc1F. The number of rotatable bonds is 3. The molecule has 0 bridgehead atoms. The van der Waals surface area contributed by atoms with E-state index in [1.165, 1.54) is 19.2 Å². The summed E-state index contributed by atoms with van der Waals surface area (Å²) in [5, 5.41) is 4.71. The van der Waals surface area contributed by atoms with Gasteiger partial charge in [0.1, 0.15) is 0 Å². The van der Waals surface area contributed by atoms with Gasteiger partial charge in [0.15, 0.2) is 11.6 Å². The van der Waals surface area contributed by atoms with Crippen molar-refractivity contribution in [3.8, 4) is 17.6 Å². The molecule has 124 valence electrons. The van der Waals surface area contributed by atoms with Crippen LogP contribution in [0.4, 0.5) is 10.1 Å². The van der Waals surface area contributed by atoms with Crippen molar-refractivity contribution in [3.63, 3.8) is 0 Å². The molecule has 2 aromatic carbocycles. The van der Waals surface area contributed by atoms with Crippen LogP contribution in [-0.4, -0.2) is 13.0 Å². The molecule has 3 aromatic rings. The van der Waals surface area contributed by atoms with E-state index in [1.807, 2.05) is 29.6 Å². The molecule has 0 fully saturated rings. The second-order valence-corrected chi connectivity index (χ2v) is 6.06. The van der Waals surface area contributed by atoms with Crippen molar-refractivity contribution in [2.24, 2.45) is 0 Å². The normalized spacial score (nSPS) is 9.84. The number of anilines is 1. The fourth-order valence-corrected chi connectivity index (χ4v) is 2.74. The van der Waals surface area contributed by atoms with Gasteiger partial charge in [0, 0.05) is 16.8 Å². The monoisotopic (exact) mass is 351 g/mol. The van der Waals surface area contributed by atoms with Gasteiger partial charge in [-0.3, -0.25) is 4.79 Å². The highest BCUT2D eigenvalue weighted by Gasteiger charge is 2.10. The Kier molecular flexibility index (Phi) is 5.12. The largest absolute Gasteiger partial charge is 0.494 e. The average Bonchev–Trinajstić information content (AvgIpc) is 3.14. The van der Waals surface area contributed by atoms with Gasteiger partial charge < -0.3 is 10.1 Å². The second-order valence-electron chi connectivity index (χ2n) is 5.11. The van der Waals surface area contributed by atoms with Crippen LogP contribution in [0.25, 0.3) is 0 Å². The first-order valence-corrected chi connectivity index (χ1v) is 8.34. The number of carbonyl (C=O) groups is 1. The number of amides is 1. The molecule has 5 heteroatoms. The summed E-state index contributed by atoms with van der Waals surface area (Å²) in [6.45, 7) is 0. The van der Waals surface area contributed by atoms with Crippen LogP contribution >= 0.6 is 11.3 Å². The van der Waals surface area contributed by atoms with Gasteiger partial charge in [-0.05, 0) is 47.8 Å². The van der Waals surface area contributed by atoms with Crippen molar-refractivity contribution in [2.45, 2.75) is 0 Å². The lowest BCUT2D eigenvalue weighted by atomic mass is 10.1. The topological polar surface area (TPSA) is 38.3 Å². The van der Waals surface area contributed by atoms with Crippen LogP contribution in [0.2, 0.25) is 0 Å². The van der Waals surface area contributed by atoms with Gasteiger partial charge in [-0.2, -0.15) is 0 Å². The molecule has 0 spiro atoms. The van der Waals surface area contributed by atoms with Crippen LogP contribution in [0.1, 0.15) is 20.8 Å². The molecule has 1 aromatic heterocycles. The minimum absolute atomic E-state index is 0.0994. The van der Waals surface area contributed by atoms with Crippen LogP contribution < -0.4 is 10.1 Å². The van der Waals surface area contributed by atoms with Crippen LogP contribution in [0, 0.1) is 17.7 Å². The highest BCUT2D eigenvalue weighted by atomic mass is 32.1. The van der Waals surface area contributed by atoms with E-state index in [9.17, 15) is 9.18 Å². The van der Waals surface area contributed by atoms with Crippen molar-refractivity contribution in [2.75, 3.05) is 12.4 Å². The predicted molar refractivity (Wildman–Crippen MR) is 97.6 cm³/mol. The Labute approximate surface area is 149 Å². The number of hydrogen-bond donors (Lipinski definition) is 1. The number of benzene rings is 2.